The molecule has 1 aromatic heterocycles. The van der Waals surface area contributed by atoms with Crippen molar-refractivity contribution in [2.24, 2.45) is 5.92 Å². The zero-order valence-electron chi connectivity index (χ0n) is 13.0. The van der Waals surface area contributed by atoms with E-state index in [2.05, 4.69) is 31.1 Å². The highest BCUT2D eigenvalue weighted by Gasteiger charge is 2.24. The lowest BCUT2D eigenvalue weighted by molar-refractivity contribution is -0.137. The van der Waals surface area contributed by atoms with Gasteiger partial charge in [0.1, 0.15) is 5.82 Å². The quantitative estimate of drug-likeness (QED) is 0.707. The van der Waals surface area contributed by atoms with Crippen LogP contribution >= 0.6 is 15.9 Å². The number of aromatic nitrogens is 1. The molecule has 1 saturated heterocycles. The standard InChI is InChI=1S/C16H22BrN3O3/c17-13-4-5-14(18-11-13)19-16(23)12-6-9-20(10-7-12)8-2-1-3-15(21)22/h4-5,11-12H,1-3,6-10H2,(H,21,22)(H,18,19,23). The molecule has 0 saturated carbocycles. The number of hydrogen-bond acceptors (Lipinski definition) is 4. The van der Waals surface area contributed by atoms with Crippen LogP contribution in [0.3, 0.4) is 0 Å². The lowest BCUT2D eigenvalue weighted by atomic mass is 9.95. The highest BCUT2D eigenvalue weighted by atomic mass is 79.9. The summed E-state index contributed by atoms with van der Waals surface area (Å²) in [4.78, 5) is 29.2. The van der Waals surface area contributed by atoms with Gasteiger partial charge in [0.25, 0.3) is 0 Å². The Hall–Kier alpha value is -1.47. The van der Waals surface area contributed by atoms with E-state index in [1.54, 1.807) is 12.3 Å². The van der Waals surface area contributed by atoms with E-state index in [0.717, 1.165) is 43.4 Å². The van der Waals surface area contributed by atoms with Crippen molar-refractivity contribution in [1.29, 1.82) is 0 Å². The molecule has 1 aliphatic heterocycles. The Labute approximate surface area is 144 Å². The largest absolute Gasteiger partial charge is 0.481 e. The smallest absolute Gasteiger partial charge is 0.303 e. The maximum atomic E-state index is 12.2. The number of carboxylic acids is 1. The summed E-state index contributed by atoms with van der Waals surface area (Å²) in [5.41, 5.74) is 0. The lowest BCUT2D eigenvalue weighted by Crippen LogP contribution is -2.38. The molecule has 0 radical (unpaired) electrons. The van der Waals surface area contributed by atoms with E-state index in [-0.39, 0.29) is 18.2 Å². The molecule has 0 bridgehead atoms. The summed E-state index contributed by atoms with van der Waals surface area (Å²) < 4.78 is 0.881. The Morgan fingerprint density at radius 3 is 2.65 bits per heavy atom. The highest BCUT2D eigenvalue weighted by molar-refractivity contribution is 9.10. The van der Waals surface area contributed by atoms with E-state index >= 15 is 0 Å². The topological polar surface area (TPSA) is 82.5 Å². The maximum Gasteiger partial charge on any atom is 0.303 e. The summed E-state index contributed by atoms with van der Waals surface area (Å²) in [6, 6.07) is 3.63. The number of nitrogens with one attached hydrogen (secondary N) is 1. The monoisotopic (exact) mass is 383 g/mol. The van der Waals surface area contributed by atoms with Crippen LogP contribution in [0.2, 0.25) is 0 Å². The molecule has 0 spiro atoms. The Morgan fingerprint density at radius 1 is 1.30 bits per heavy atom. The van der Waals surface area contributed by atoms with E-state index in [4.69, 9.17) is 5.11 Å². The van der Waals surface area contributed by atoms with Gasteiger partial charge in [0.2, 0.25) is 5.91 Å². The van der Waals surface area contributed by atoms with Crippen molar-refractivity contribution in [3.05, 3.63) is 22.8 Å². The second-order valence-electron chi connectivity index (χ2n) is 5.82. The molecule has 1 aromatic rings. The molecule has 6 nitrogen and oxygen atoms in total. The van der Waals surface area contributed by atoms with Crippen molar-refractivity contribution in [3.8, 4) is 0 Å². The van der Waals surface area contributed by atoms with Gasteiger partial charge < -0.3 is 15.3 Å². The van der Waals surface area contributed by atoms with Crippen LogP contribution in [0.4, 0.5) is 5.82 Å². The van der Waals surface area contributed by atoms with Crippen molar-refractivity contribution in [2.45, 2.75) is 32.1 Å². The first-order chi connectivity index (χ1) is 11.0. The predicted molar refractivity (Wildman–Crippen MR) is 91.2 cm³/mol. The predicted octanol–water partition coefficient (Wildman–Crippen LogP) is 2.75. The summed E-state index contributed by atoms with van der Waals surface area (Å²) >= 11 is 3.32. The average molecular weight is 384 g/mol. The molecule has 126 valence electrons. The van der Waals surface area contributed by atoms with Crippen LogP contribution in [0, 0.1) is 5.92 Å². The number of carbonyl (C=O) groups is 2. The summed E-state index contributed by atoms with van der Waals surface area (Å²) in [5, 5.41) is 11.5. The third kappa shape index (κ3) is 6.27. The van der Waals surface area contributed by atoms with Crippen LogP contribution < -0.4 is 5.32 Å². The molecular formula is C16H22BrN3O3. The first-order valence-electron chi connectivity index (χ1n) is 7.91. The van der Waals surface area contributed by atoms with Crippen LogP contribution in [0.5, 0.6) is 0 Å². The van der Waals surface area contributed by atoms with Gasteiger partial charge in [-0.2, -0.15) is 0 Å². The second-order valence-corrected chi connectivity index (χ2v) is 6.73. The third-order valence-corrected chi connectivity index (χ3v) is 4.52. The molecule has 0 unspecified atom stereocenters. The van der Waals surface area contributed by atoms with Crippen LogP contribution in [0.25, 0.3) is 0 Å². The minimum atomic E-state index is -0.734. The van der Waals surface area contributed by atoms with Crippen LogP contribution in [0.1, 0.15) is 32.1 Å². The first kappa shape index (κ1) is 17.9. The number of hydrogen-bond donors (Lipinski definition) is 2. The van der Waals surface area contributed by atoms with Gasteiger partial charge in [0.05, 0.1) is 0 Å². The fourth-order valence-corrected chi connectivity index (χ4v) is 2.94. The van der Waals surface area contributed by atoms with E-state index in [9.17, 15) is 9.59 Å². The fraction of sp³-hybridized carbons (Fsp3) is 0.562. The fourth-order valence-electron chi connectivity index (χ4n) is 2.71. The minimum Gasteiger partial charge on any atom is -0.481 e. The number of pyridine rings is 1. The van der Waals surface area contributed by atoms with Gasteiger partial charge >= 0.3 is 5.97 Å². The number of likely N-dealkylation sites (tertiary alicyclic amines) is 1. The van der Waals surface area contributed by atoms with Gasteiger partial charge in [-0.3, -0.25) is 9.59 Å². The molecule has 23 heavy (non-hydrogen) atoms. The van der Waals surface area contributed by atoms with Gasteiger partial charge in [-0.1, -0.05) is 0 Å². The third-order valence-electron chi connectivity index (χ3n) is 4.05. The molecule has 2 heterocycles. The maximum absolute atomic E-state index is 12.2. The zero-order chi connectivity index (χ0) is 16.7. The number of carbonyl (C=O) groups excluding carboxylic acids is 1. The van der Waals surface area contributed by atoms with Crippen molar-refractivity contribution in [3.63, 3.8) is 0 Å². The molecule has 0 aliphatic carbocycles. The molecule has 1 amide bonds. The summed E-state index contributed by atoms with van der Waals surface area (Å²) in [7, 11) is 0. The van der Waals surface area contributed by atoms with Crippen LogP contribution in [-0.2, 0) is 9.59 Å². The van der Waals surface area contributed by atoms with Crippen LogP contribution in [0.15, 0.2) is 22.8 Å². The molecule has 1 fully saturated rings. The second kappa shape index (κ2) is 8.98. The number of anilines is 1. The Kier molecular flexibility index (Phi) is 6.98. The number of rotatable bonds is 7. The van der Waals surface area contributed by atoms with E-state index < -0.39 is 5.97 Å². The molecule has 2 N–H and O–H groups in total. The number of carboxylic acid groups (broad SMARTS) is 1. The molecule has 7 heteroatoms. The minimum absolute atomic E-state index is 0.0238. The van der Waals surface area contributed by atoms with E-state index in [1.165, 1.54) is 0 Å². The average Bonchev–Trinajstić information content (AvgIpc) is 2.54. The Morgan fingerprint density at radius 2 is 2.04 bits per heavy atom. The number of unbranched alkanes of at least 4 members (excludes halogenated alkanes) is 1. The number of aliphatic carboxylic acids is 1. The summed E-state index contributed by atoms with van der Waals surface area (Å²) in [6.45, 7) is 2.69. The molecule has 0 atom stereocenters. The number of nitrogens with zero attached hydrogens (tertiary/aromatic N) is 2. The van der Waals surface area contributed by atoms with E-state index in [0.29, 0.717) is 12.2 Å². The Balaban J connectivity index is 1.68. The molecular weight excluding hydrogens is 362 g/mol. The normalized spacial score (nSPS) is 16.2. The molecule has 1 aliphatic rings. The highest BCUT2D eigenvalue weighted by Crippen LogP contribution is 2.20. The number of halogens is 1. The first-order valence-corrected chi connectivity index (χ1v) is 8.70. The van der Waals surface area contributed by atoms with Gasteiger partial charge in [0, 0.05) is 23.0 Å². The van der Waals surface area contributed by atoms with Crippen molar-refractivity contribution < 1.29 is 14.7 Å². The van der Waals surface area contributed by atoms with E-state index in [1.807, 2.05) is 6.07 Å². The number of piperidine rings is 1. The van der Waals surface area contributed by atoms with Gasteiger partial charge in [0.15, 0.2) is 0 Å². The van der Waals surface area contributed by atoms with Gasteiger partial charge in [-0.05, 0) is 73.4 Å². The Bertz CT molecular complexity index is 528. The van der Waals surface area contributed by atoms with Crippen molar-refractivity contribution >= 4 is 33.6 Å². The summed E-state index contributed by atoms with van der Waals surface area (Å²) in [5.74, 6) is -0.0997. The summed E-state index contributed by atoms with van der Waals surface area (Å²) in [6.07, 6.45) is 5.17. The lowest BCUT2D eigenvalue weighted by Gasteiger charge is -2.31. The van der Waals surface area contributed by atoms with Gasteiger partial charge in [-0.15, -0.1) is 0 Å². The molecule has 2 rings (SSSR count). The van der Waals surface area contributed by atoms with Crippen molar-refractivity contribution in [1.82, 2.24) is 9.88 Å². The zero-order valence-corrected chi connectivity index (χ0v) is 14.6. The molecule has 0 aromatic carbocycles. The number of amides is 1. The SMILES string of the molecule is O=C(O)CCCCN1CCC(C(=O)Nc2ccc(Br)cn2)CC1. The van der Waals surface area contributed by atoms with Crippen molar-refractivity contribution in [2.75, 3.05) is 25.0 Å². The van der Waals surface area contributed by atoms with Gasteiger partial charge in [-0.25, -0.2) is 4.98 Å². The van der Waals surface area contributed by atoms with Crippen LogP contribution in [-0.4, -0.2) is 46.5 Å².